The lowest BCUT2D eigenvalue weighted by molar-refractivity contribution is 0.0955. The maximum atomic E-state index is 13.1. The number of carbonyl (C=O) groups is 1. The molecule has 0 aliphatic heterocycles. The summed E-state index contributed by atoms with van der Waals surface area (Å²) in [4.78, 5) is 13.8. The number of halogens is 2. The molecule has 0 saturated heterocycles. The van der Waals surface area contributed by atoms with Crippen molar-refractivity contribution in [2.45, 2.75) is 32.2 Å². The van der Waals surface area contributed by atoms with Gasteiger partial charge in [-0.2, -0.15) is 5.10 Å². The van der Waals surface area contributed by atoms with E-state index in [1.807, 2.05) is 0 Å². The fraction of sp³-hybridized carbons (Fsp3) is 0.273. The molecule has 2 aromatic carbocycles. The Morgan fingerprint density at radius 3 is 2.55 bits per heavy atom. The molecule has 0 atom stereocenters. The summed E-state index contributed by atoms with van der Waals surface area (Å²) in [6, 6.07) is 12.5. The van der Waals surface area contributed by atoms with Crippen LogP contribution in [0.25, 0.3) is 0 Å². The largest absolute Gasteiger partial charge is 0.351 e. The average Bonchev–Trinajstić information content (AvgIpc) is 2.96. The van der Waals surface area contributed by atoms with Gasteiger partial charge in [-0.3, -0.25) is 4.79 Å². The number of rotatable bonds is 7. The summed E-state index contributed by atoms with van der Waals surface area (Å²) < 4.78 is 14.6. The molecule has 0 spiro atoms. The van der Waals surface area contributed by atoms with Gasteiger partial charge in [0, 0.05) is 17.2 Å². The highest BCUT2D eigenvalue weighted by Gasteiger charge is 2.20. The van der Waals surface area contributed by atoms with E-state index in [1.54, 1.807) is 35.5 Å². The molecule has 1 amide bonds. The Kier molecular flexibility index (Phi) is 6.98. The molecular formula is C22H23ClFN3OS. The Labute approximate surface area is 179 Å². The zero-order chi connectivity index (χ0) is 21.0. The highest BCUT2D eigenvalue weighted by atomic mass is 35.5. The van der Waals surface area contributed by atoms with Gasteiger partial charge in [-0.05, 0) is 61.7 Å². The smallest absolute Gasteiger partial charge is 0.256 e. The minimum absolute atomic E-state index is 0.237. The monoisotopic (exact) mass is 431 g/mol. The lowest BCUT2D eigenvalue weighted by Gasteiger charge is -2.07. The van der Waals surface area contributed by atoms with E-state index in [0.717, 1.165) is 11.3 Å². The molecule has 3 rings (SSSR count). The third-order valence-electron chi connectivity index (χ3n) is 4.67. The molecule has 0 aliphatic rings. The molecule has 0 bridgehead atoms. The van der Waals surface area contributed by atoms with Crippen LogP contribution in [0.5, 0.6) is 0 Å². The van der Waals surface area contributed by atoms with E-state index >= 15 is 0 Å². The summed E-state index contributed by atoms with van der Waals surface area (Å²) in [6.07, 6.45) is 0. The van der Waals surface area contributed by atoms with Crippen molar-refractivity contribution in [1.82, 2.24) is 15.1 Å². The second-order valence-corrected chi connectivity index (χ2v) is 8.41. The van der Waals surface area contributed by atoms with Gasteiger partial charge in [0.25, 0.3) is 5.91 Å². The van der Waals surface area contributed by atoms with E-state index < -0.39 is 0 Å². The number of hydrogen-bond donors (Lipinski definition) is 1. The van der Waals surface area contributed by atoms with E-state index in [9.17, 15) is 9.18 Å². The van der Waals surface area contributed by atoms with Crippen molar-refractivity contribution in [2.24, 2.45) is 0 Å². The second-order valence-electron chi connectivity index (χ2n) is 6.89. The van der Waals surface area contributed by atoms with Gasteiger partial charge in [0.15, 0.2) is 0 Å². The summed E-state index contributed by atoms with van der Waals surface area (Å²) in [6.45, 7) is 6.83. The van der Waals surface area contributed by atoms with Gasteiger partial charge in [-0.1, -0.05) is 29.8 Å². The predicted molar refractivity (Wildman–Crippen MR) is 116 cm³/mol. The van der Waals surface area contributed by atoms with Gasteiger partial charge in [-0.15, -0.1) is 11.8 Å². The van der Waals surface area contributed by atoms with Crippen LogP contribution in [0, 0.1) is 26.6 Å². The first kappa shape index (κ1) is 21.4. The van der Waals surface area contributed by atoms with Gasteiger partial charge in [0.05, 0.1) is 17.8 Å². The van der Waals surface area contributed by atoms with Crippen molar-refractivity contribution in [3.8, 4) is 0 Å². The van der Waals surface area contributed by atoms with Crippen molar-refractivity contribution >= 4 is 29.3 Å². The van der Waals surface area contributed by atoms with E-state index in [4.69, 9.17) is 11.6 Å². The van der Waals surface area contributed by atoms with Crippen molar-refractivity contribution in [2.75, 3.05) is 12.3 Å². The number of carbonyl (C=O) groups excluding carboxylic acids is 1. The van der Waals surface area contributed by atoms with Crippen molar-refractivity contribution in [3.05, 3.63) is 81.4 Å². The van der Waals surface area contributed by atoms with E-state index in [-0.39, 0.29) is 16.9 Å². The minimum atomic E-state index is -0.296. The minimum Gasteiger partial charge on any atom is -0.351 e. The zero-order valence-corrected chi connectivity index (χ0v) is 18.2. The molecule has 0 aliphatic carbocycles. The second kappa shape index (κ2) is 9.46. The number of benzene rings is 2. The van der Waals surface area contributed by atoms with Crippen LogP contribution in [0.1, 0.15) is 32.7 Å². The van der Waals surface area contributed by atoms with Crippen LogP contribution in [0.2, 0.25) is 5.15 Å². The van der Waals surface area contributed by atoms with E-state index in [0.29, 0.717) is 24.3 Å². The fourth-order valence-electron chi connectivity index (χ4n) is 2.90. The Morgan fingerprint density at radius 1 is 1.14 bits per heavy atom. The number of amides is 1. The molecule has 1 heterocycles. The predicted octanol–water partition coefficient (Wildman–Crippen LogP) is 5.17. The summed E-state index contributed by atoms with van der Waals surface area (Å²) in [5.74, 6) is 0.225. The van der Waals surface area contributed by atoms with Crippen LogP contribution in [-0.4, -0.2) is 28.0 Å². The van der Waals surface area contributed by atoms with Crippen molar-refractivity contribution < 1.29 is 9.18 Å². The fourth-order valence-corrected chi connectivity index (χ4v) is 4.09. The molecule has 0 saturated carbocycles. The molecule has 152 valence electrons. The standard InChI is InChI=1S/C22H23ClFN3OS/c1-14-4-9-19(12-15(14)2)29-11-10-25-22(28)20-16(3)26-27(21(20)23)13-17-5-7-18(24)8-6-17/h4-9,12H,10-11,13H2,1-3H3,(H,25,28). The Balaban J connectivity index is 1.58. The molecule has 0 radical (unpaired) electrons. The van der Waals surface area contributed by atoms with Gasteiger partial charge in [-0.25, -0.2) is 9.07 Å². The average molecular weight is 432 g/mol. The molecule has 0 fully saturated rings. The first-order valence-electron chi connectivity index (χ1n) is 9.30. The highest BCUT2D eigenvalue weighted by Crippen LogP contribution is 2.22. The summed E-state index contributed by atoms with van der Waals surface area (Å²) in [7, 11) is 0. The van der Waals surface area contributed by atoms with Gasteiger partial charge < -0.3 is 5.32 Å². The highest BCUT2D eigenvalue weighted by molar-refractivity contribution is 7.99. The van der Waals surface area contributed by atoms with Crippen LogP contribution in [-0.2, 0) is 6.54 Å². The number of nitrogens with zero attached hydrogens (tertiary/aromatic N) is 2. The number of aryl methyl sites for hydroxylation is 3. The first-order valence-corrected chi connectivity index (χ1v) is 10.7. The summed E-state index contributed by atoms with van der Waals surface area (Å²) >= 11 is 8.10. The molecule has 1 N–H and O–H groups in total. The van der Waals surface area contributed by atoms with Crippen molar-refractivity contribution in [3.63, 3.8) is 0 Å². The number of hydrogen-bond acceptors (Lipinski definition) is 3. The SMILES string of the molecule is Cc1ccc(SCCNC(=O)c2c(C)nn(Cc3ccc(F)cc3)c2Cl)cc1C. The summed E-state index contributed by atoms with van der Waals surface area (Å²) in [5.41, 5.74) is 4.33. The Hall–Kier alpha value is -2.31. The third kappa shape index (κ3) is 5.40. The van der Waals surface area contributed by atoms with Gasteiger partial charge in [0.2, 0.25) is 0 Å². The van der Waals surface area contributed by atoms with E-state index in [1.165, 1.54) is 28.2 Å². The van der Waals surface area contributed by atoms with Crippen LogP contribution in [0.4, 0.5) is 4.39 Å². The Bertz CT molecular complexity index is 1020. The molecular weight excluding hydrogens is 409 g/mol. The molecule has 1 aromatic heterocycles. The molecule has 4 nitrogen and oxygen atoms in total. The van der Waals surface area contributed by atoms with Crippen LogP contribution >= 0.6 is 23.4 Å². The lowest BCUT2D eigenvalue weighted by atomic mass is 10.1. The first-order chi connectivity index (χ1) is 13.8. The topological polar surface area (TPSA) is 46.9 Å². The number of thioether (sulfide) groups is 1. The zero-order valence-electron chi connectivity index (χ0n) is 16.6. The molecule has 29 heavy (non-hydrogen) atoms. The maximum Gasteiger partial charge on any atom is 0.256 e. The third-order valence-corrected chi connectivity index (χ3v) is 6.05. The van der Waals surface area contributed by atoms with Crippen LogP contribution < -0.4 is 5.32 Å². The quantitative estimate of drug-likeness (QED) is 0.414. The molecule has 7 heteroatoms. The van der Waals surface area contributed by atoms with Gasteiger partial charge in [0.1, 0.15) is 11.0 Å². The Morgan fingerprint density at radius 2 is 1.86 bits per heavy atom. The normalized spacial score (nSPS) is 10.9. The lowest BCUT2D eigenvalue weighted by Crippen LogP contribution is -2.26. The van der Waals surface area contributed by atoms with Crippen LogP contribution in [0.3, 0.4) is 0 Å². The maximum absolute atomic E-state index is 13.1. The van der Waals surface area contributed by atoms with Crippen LogP contribution in [0.15, 0.2) is 47.4 Å². The number of aromatic nitrogens is 2. The van der Waals surface area contributed by atoms with Gasteiger partial charge >= 0.3 is 0 Å². The number of nitrogens with one attached hydrogen (secondary N) is 1. The van der Waals surface area contributed by atoms with Crippen molar-refractivity contribution in [1.29, 1.82) is 0 Å². The molecule has 0 unspecified atom stereocenters. The summed E-state index contributed by atoms with van der Waals surface area (Å²) in [5, 5.41) is 7.57. The van der Waals surface area contributed by atoms with E-state index in [2.05, 4.69) is 42.5 Å². The molecule has 3 aromatic rings.